The highest BCUT2D eigenvalue weighted by atomic mass is 16.5. The number of rotatable bonds is 3. The molecule has 1 saturated carbocycles. The third kappa shape index (κ3) is 4.52. The second-order valence-corrected chi connectivity index (χ2v) is 9.20. The molecule has 8 nitrogen and oxygen atoms in total. The molecule has 4 rings (SSSR count). The van der Waals surface area contributed by atoms with E-state index in [1.54, 1.807) is 0 Å². The maximum Gasteiger partial charge on any atom is 0.270 e. The monoisotopic (exact) mass is 427 g/mol. The van der Waals surface area contributed by atoms with Crippen LogP contribution < -0.4 is 5.32 Å². The van der Waals surface area contributed by atoms with Gasteiger partial charge in [0.1, 0.15) is 5.69 Å². The number of fused-ring (bicyclic) bond motifs is 1. The molecule has 0 bridgehead atoms. The minimum absolute atomic E-state index is 0.0106. The Bertz CT molecular complexity index is 918. The lowest BCUT2D eigenvalue weighted by atomic mass is 10.00. The summed E-state index contributed by atoms with van der Waals surface area (Å²) in [6.45, 7) is 5.41. The molecular formula is C23H33N5O3. The van der Waals surface area contributed by atoms with Gasteiger partial charge in [-0.3, -0.25) is 9.59 Å². The van der Waals surface area contributed by atoms with Crippen LogP contribution in [0.4, 0.5) is 0 Å². The van der Waals surface area contributed by atoms with E-state index < -0.39 is 0 Å². The third-order valence-electron chi connectivity index (χ3n) is 6.64. The first-order valence-corrected chi connectivity index (χ1v) is 11.5. The van der Waals surface area contributed by atoms with Gasteiger partial charge in [-0.1, -0.05) is 31.8 Å². The number of hydrogen-bond acceptors (Lipinski definition) is 5. The third-order valence-corrected chi connectivity index (χ3v) is 6.64. The molecule has 3 unspecified atom stereocenters. The lowest BCUT2D eigenvalue weighted by Crippen LogP contribution is -2.47. The van der Waals surface area contributed by atoms with Gasteiger partial charge in [0.25, 0.3) is 5.91 Å². The van der Waals surface area contributed by atoms with E-state index in [1.807, 2.05) is 48.7 Å². The zero-order chi connectivity index (χ0) is 22.0. The summed E-state index contributed by atoms with van der Waals surface area (Å²) in [6.07, 6.45) is 7.18. The summed E-state index contributed by atoms with van der Waals surface area (Å²) in [7, 11) is 1.88. The minimum Gasteiger partial charge on any atom is -0.356 e. The van der Waals surface area contributed by atoms with Crippen molar-refractivity contribution in [3.8, 4) is 0 Å². The molecule has 2 aromatic rings. The van der Waals surface area contributed by atoms with E-state index in [1.165, 1.54) is 0 Å². The van der Waals surface area contributed by atoms with Crippen LogP contribution in [0.1, 0.15) is 86.4 Å². The summed E-state index contributed by atoms with van der Waals surface area (Å²) in [5, 5.41) is 7.22. The van der Waals surface area contributed by atoms with E-state index in [4.69, 9.17) is 4.52 Å². The molecule has 2 amide bonds. The quantitative estimate of drug-likeness (QED) is 0.812. The van der Waals surface area contributed by atoms with Gasteiger partial charge in [-0.25, -0.2) is 0 Å². The number of carbonyl (C=O) groups excluding carboxylic acids is 2. The topological polar surface area (TPSA) is 93.3 Å². The fourth-order valence-electron chi connectivity index (χ4n) is 4.84. The Labute approximate surface area is 183 Å². The molecule has 0 radical (unpaired) electrons. The molecule has 1 aliphatic carbocycles. The predicted molar refractivity (Wildman–Crippen MR) is 116 cm³/mol. The smallest absolute Gasteiger partial charge is 0.270 e. The first-order valence-electron chi connectivity index (χ1n) is 11.5. The molecule has 0 aromatic carbocycles. The fraction of sp³-hybridized carbons (Fsp3) is 0.652. The second-order valence-electron chi connectivity index (χ2n) is 9.20. The summed E-state index contributed by atoms with van der Waals surface area (Å²) in [5.74, 6) is 1.18. The number of nitrogens with one attached hydrogen (secondary N) is 1. The van der Waals surface area contributed by atoms with E-state index >= 15 is 0 Å². The maximum absolute atomic E-state index is 13.5. The van der Waals surface area contributed by atoms with Crippen LogP contribution in [0.15, 0.2) is 22.9 Å². The SMILES string of the molecule is CC(C)c1noc(C2CC3C(=O)NCCCCCCN(C(=O)c4cccn4C)C3C2)n1. The molecule has 8 heteroatoms. The van der Waals surface area contributed by atoms with Crippen LogP contribution in [-0.4, -0.2) is 50.6 Å². The normalized spacial score (nSPS) is 25.2. The summed E-state index contributed by atoms with van der Waals surface area (Å²) >= 11 is 0. The summed E-state index contributed by atoms with van der Waals surface area (Å²) in [6, 6.07) is 3.55. The summed E-state index contributed by atoms with van der Waals surface area (Å²) in [4.78, 5) is 33.2. The van der Waals surface area contributed by atoms with Crippen LogP contribution in [0, 0.1) is 5.92 Å². The van der Waals surface area contributed by atoms with Crippen LogP contribution in [0.3, 0.4) is 0 Å². The standard InChI is InChI=1S/C23H33N5O3/c1-15(2)20-25-22(31-26-20)16-13-17-19(14-16)28(23(30)18-9-8-11-27(18)3)12-7-5-4-6-10-24-21(17)29/h8-9,11,15-17,19H,4-7,10,12-14H2,1-3H3,(H,24,29). The van der Waals surface area contributed by atoms with E-state index in [-0.39, 0.29) is 35.6 Å². The van der Waals surface area contributed by atoms with Gasteiger partial charge in [-0.2, -0.15) is 4.98 Å². The molecule has 168 valence electrons. The van der Waals surface area contributed by atoms with Crippen molar-refractivity contribution in [1.29, 1.82) is 0 Å². The van der Waals surface area contributed by atoms with E-state index in [2.05, 4.69) is 15.5 Å². The lowest BCUT2D eigenvalue weighted by Gasteiger charge is -2.32. The summed E-state index contributed by atoms with van der Waals surface area (Å²) in [5.41, 5.74) is 0.650. The first kappa shape index (κ1) is 21.6. The number of aromatic nitrogens is 3. The number of carbonyl (C=O) groups is 2. The van der Waals surface area contributed by atoms with Crippen molar-refractivity contribution in [2.45, 2.75) is 70.3 Å². The Morgan fingerprint density at radius 2 is 2.03 bits per heavy atom. The number of aryl methyl sites for hydroxylation is 1. The molecule has 2 fully saturated rings. The average molecular weight is 428 g/mol. The molecule has 3 atom stereocenters. The highest BCUT2D eigenvalue weighted by Gasteiger charge is 2.46. The van der Waals surface area contributed by atoms with Crippen molar-refractivity contribution in [3.05, 3.63) is 35.7 Å². The molecule has 1 aliphatic heterocycles. The Kier molecular flexibility index (Phi) is 6.43. The van der Waals surface area contributed by atoms with Crippen molar-refractivity contribution in [3.63, 3.8) is 0 Å². The van der Waals surface area contributed by atoms with Crippen LogP contribution in [-0.2, 0) is 11.8 Å². The number of amides is 2. The Balaban J connectivity index is 1.64. The van der Waals surface area contributed by atoms with Crippen LogP contribution in [0.2, 0.25) is 0 Å². The maximum atomic E-state index is 13.5. The van der Waals surface area contributed by atoms with Crippen molar-refractivity contribution in [2.24, 2.45) is 13.0 Å². The number of nitrogens with zero attached hydrogens (tertiary/aromatic N) is 4. The van der Waals surface area contributed by atoms with E-state index in [9.17, 15) is 9.59 Å². The van der Waals surface area contributed by atoms with Crippen LogP contribution in [0.25, 0.3) is 0 Å². The van der Waals surface area contributed by atoms with Gasteiger partial charge >= 0.3 is 0 Å². The van der Waals surface area contributed by atoms with Crippen LogP contribution >= 0.6 is 0 Å². The van der Waals surface area contributed by atoms with E-state index in [0.717, 1.165) is 25.7 Å². The van der Waals surface area contributed by atoms with Crippen molar-refractivity contribution >= 4 is 11.8 Å². The average Bonchev–Trinajstić information content (AvgIpc) is 3.47. The molecular weight excluding hydrogens is 394 g/mol. The van der Waals surface area contributed by atoms with Gasteiger partial charge in [-0.15, -0.1) is 0 Å². The molecule has 1 saturated heterocycles. The fourth-order valence-corrected chi connectivity index (χ4v) is 4.84. The van der Waals surface area contributed by atoms with Gasteiger partial charge in [0.2, 0.25) is 11.8 Å². The Morgan fingerprint density at radius 1 is 1.23 bits per heavy atom. The molecule has 2 aliphatic rings. The molecule has 0 spiro atoms. The van der Waals surface area contributed by atoms with Crippen molar-refractivity contribution < 1.29 is 14.1 Å². The zero-order valence-corrected chi connectivity index (χ0v) is 18.7. The van der Waals surface area contributed by atoms with Crippen molar-refractivity contribution in [1.82, 2.24) is 24.9 Å². The van der Waals surface area contributed by atoms with Crippen LogP contribution in [0.5, 0.6) is 0 Å². The van der Waals surface area contributed by atoms with Gasteiger partial charge in [0, 0.05) is 44.2 Å². The second kappa shape index (κ2) is 9.24. The molecule has 3 heterocycles. The van der Waals surface area contributed by atoms with Gasteiger partial charge < -0.3 is 19.3 Å². The first-order chi connectivity index (χ1) is 15.0. The largest absolute Gasteiger partial charge is 0.356 e. The van der Waals surface area contributed by atoms with Gasteiger partial charge in [0.15, 0.2) is 5.82 Å². The zero-order valence-electron chi connectivity index (χ0n) is 18.7. The minimum atomic E-state index is -0.276. The predicted octanol–water partition coefficient (Wildman–Crippen LogP) is 3.23. The Hall–Kier alpha value is -2.64. The summed E-state index contributed by atoms with van der Waals surface area (Å²) < 4.78 is 7.42. The highest BCUT2D eigenvalue weighted by Crippen LogP contribution is 2.41. The van der Waals surface area contributed by atoms with E-state index in [0.29, 0.717) is 43.3 Å². The number of hydrogen-bond donors (Lipinski definition) is 1. The molecule has 31 heavy (non-hydrogen) atoms. The lowest BCUT2D eigenvalue weighted by molar-refractivity contribution is -0.126. The highest BCUT2D eigenvalue weighted by molar-refractivity contribution is 5.93. The van der Waals surface area contributed by atoms with Crippen molar-refractivity contribution in [2.75, 3.05) is 13.1 Å². The molecule has 1 N–H and O–H groups in total. The van der Waals surface area contributed by atoms with Gasteiger partial charge in [-0.05, 0) is 37.8 Å². The van der Waals surface area contributed by atoms with Gasteiger partial charge in [0.05, 0.1) is 5.92 Å². The molecule has 2 aromatic heterocycles. The Morgan fingerprint density at radius 3 is 2.74 bits per heavy atom.